The Labute approximate surface area is 96.2 Å². The molecule has 2 amide bonds. The van der Waals surface area contributed by atoms with Crippen molar-refractivity contribution in [3.63, 3.8) is 0 Å². The zero-order valence-electron chi connectivity index (χ0n) is 8.84. The first-order valence-corrected chi connectivity index (χ1v) is 4.82. The first-order chi connectivity index (χ1) is 8.00. The summed E-state index contributed by atoms with van der Waals surface area (Å²) < 4.78 is 0. The number of primary amides is 1. The van der Waals surface area contributed by atoms with Crippen LogP contribution in [0.15, 0.2) is 12.3 Å². The van der Waals surface area contributed by atoms with E-state index in [1.54, 1.807) is 0 Å². The van der Waals surface area contributed by atoms with E-state index < -0.39 is 23.8 Å². The number of H-pyrrole nitrogens is 1. The highest BCUT2D eigenvalue weighted by molar-refractivity contribution is 5.94. The lowest BCUT2D eigenvalue weighted by Gasteiger charge is -2.12. The molecule has 8 nitrogen and oxygen atoms in total. The van der Waals surface area contributed by atoms with Gasteiger partial charge in [0, 0.05) is 12.6 Å². The topological polar surface area (TPSA) is 138 Å². The van der Waals surface area contributed by atoms with Crippen molar-refractivity contribution < 1.29 is 19.5 Å². The van der Waals surface area contributed by atoms with Crippen molar-refractivity contribution in [2.75, 3.05) is 0 Å². The summed E-state index contributed by atoms with van der Waals surface area (Å²) in [7, 11) is 0. The summed E-state index contributed by atoms with van der Waals surface area (Å²) in [6, 6.07) is 0.251. The fourth-order valence-corrected chi connectivity index (χ4v) is 1.16. The van der Waals surface area contributed by atoms with Gasteiger partial charge in [0.2, 0.25) is 5.91 Å². The van der Waals surface area contributed by atoms with Crippen LogP contribution in [-0.4, -0.2) is 39.1 Å². The molecular formula is C9H12N4O4. The van der Waals surface area contributed by atoms with Crippen LogP contribution in [-0.2, 0) is 9.59 Å². The fourth-order valence-electron chi connectivity index (χ4n) is 1.16. The second kappa shape index (κ2) is 5.64. The number of carbonyl (C=O) groups is 3. The van der Waals surface area contributed by atoms with Crippen molar-refractivity contribution in [2.24, 2.45) is 5.73 Å². The Morgan fingerprint density at radius 3 is 2.71 bits per heavy atom. The van der Waals surface area contributed by atoms with Crippen LogP contribution in [0, 0.1) is 0 Å². The van der Waals surface area contributed by atoms with Gasteiger partial charge in [-0.15, -0.1) is 0 Å². The van der Waals surface area contributed by atoms with Gasteiger partial charge in [-0.3, -0.25) is 14.7 Å². The minimum atomic E-state index is -1.22. The third-order valence-corrected chi connectivity index (χ3v) is 2.03. The zero-order valence-corrected chi connectivity index (χ0v) is 8.84. The van der Waals surface area contributed by atoms with E-state index in [1.807, 2.05) is 0 Å². The summed E-state index contributed by atoms with van der Waals surface area (Å²) in [4.78, 5) is 32.9. The van der Waals surface area contributed by atoms with Gasteiger partial charge in [-0.1, -0.05) is 0 Å². The van der Waals surface area contributed by atoms with Crippen molar-refractivity contribution in [1.82, 2.24) is 15.5 Å². The third kappa shape index (κ3) is 3.93. The van der Waals surface area contributed by atoms with Gasteiger partial charge in [0.05, 0.1) is 0 Å². The number of nitrogens with zero attached hydrogens (tertiary/aromatic N) is 1. The minimum Gasteiger partial charge on any atom is -0.480 e. The summed E-state index contributed by atoms with van der Waals surface area (Å²) in [5, 5.41) is 17.1. The molecule has 1 aromatic heterocycles. The molecule has 0 aliphatic carbocycles. The molecule has 5 N–H and O–H groups in total. The monoisotopic (exact) mass is 240 g/mol. The highest BCUT2D eigenvalue weighted by atomic mass is 16.4. The highest BCUT2D eigenvalue weighted by Crippen LogP contribution is 2.00. The van der Waals surface area contributed by atoms with E-state index >= 15 is 0 Å². The molecule has 0 aromatic carbocycles. The number of carboxylic acid groups (broad SMARTS) is 1. The van der Waals surface area contributed by atoms with Crippen LogP contribution in [0.5, 0.6) is 0 Å². The molecule has 0 saturated heterocycles. The van der Waals surface area contributed by atoms with Gasteiger partial charge in [0.25, 0.3) is 5.91 Å². The predicted octanol–water partition coefficient (Wildman–Crippen LogP) is -1.14. The number of nitrogens with one attached hydrogen (secondary N) is 2. The number of carboxylic acids is 1. The van der Waals surface area contributed by atoms with Gasteiger partial charge in [0.15, 0.2) is 0 Å². The summed E-state index contributed by atoms with van der Waals surface area (Å²) in [5.41, 5.74) is 5.05. The molecule has 0 unspecified atom stereocenters. The molecule has 0 saturated carbocycles. The van der Waals surface area contributed by atoms with E-state index in [4.69, 9.17) is 10.8 Å². The van der Waals surface area contributed by atoms with Gasteiger partial charge in [-0.2, -0.15) is 5.10 Å². The number of nitrogens with two attached hydrogens (primary N) is 1. The number of hydrogen-bond acceptors (Lipinski definition) is 4. The highest BCUT2D eigenvalue weighted by Gasteiger charge is 2.21. The van der Waals surface area contributed by atoms with Crippen LogP contribution in [0.4, 0.5) is 0 Å². The van der Waals surface area contributed by atoms with Gasteiger partial charge < -0.3 is 16.2 Å². The van der Waals surface area contributed by atoms with E-state index in [0.717, 1.165) is 0 Å². The number of carbonyl (C=O) groups excluding carboxylic acids is 2. The van der Waals surface area contributed by atoms with Crippen LogP contribution < -0.4 is 11.1 Å². The van der Waals surface area contributed by atoms with Gasteiger partial charge >= 0.3 is 5.97 Å². The van der Waals surface area contributed by atoms with Crippen molar-refractivity contribution in [2.45, 2.75) is 18.9 Å². The van der Waals surface area contributed by atoms with Crippen LogP contribution in [0.2, 0.25) is 0 Å². The number of rotatable bonds is 6. The number of aromatic nitrogens is 2. The number of aromatic amines is 1. The zero-order chi connectivity index (χ0) is 12.8. The smallest absolute Gasteiger partial charge is 0.326 e. The van der Waals surface area contributed by atoms with E-state index in [-0.39, 0.29) is 18.5 Å². The molecular weight excluding hydrogens is 228 g/mol. The Kier molecular flexibility index (Phi) is 4.21. The average molecular weight is 240 g/mol. The SMILES string of the molecule is NC(=O)CC[C@H](NC(=O)c1ccn[nH]1)C(=O)O. The van der Waals surface area contributed by atoms with Gasteiger partial charge in [-0.25, -0.2) is 4.79 Å². The van der Waals surface area contributed by atoms with Gasteiger partial charge in [0.1, 0.15) is 11.7 Å². The molecule has 1 aromatic rings. The van der Waals surface area contributed by atoms with Crippen molar-refractivity contribution in [1.29, 1.82) is 0 Å². The Morgan fingerprint density at radius 2 is 2.24 bits per heavy atom. The molecule has 0 fully saturated rings. The van der Waals surface area contributed by atoms with E-state index in [9.17, 15) is 14.4 Å². The maximum absolute atomic E-state index is 11.5. The molecule has 1 heterocycles. The second-order valence-electron chi connectivity index (χ2n) is 3.34. The van der Waals surface area contributed by atoms with Crippen LogP contribution in [0.25, 0.3) is 0 Å². The molecule has 1 rings (SSSR count). The number of hydrogen-bond donors (Lipinski definition) is 4. The summed E-state index contributed by atoms with van der Waals surface area (Å²) in [6.45, 7) is 0. The fraction of sp³-hybridized carbons (Fsp3) is 0.333. The molecule has 0 aliphatic heterocycles. The number of amides is 2. The molecule has 1 atom stereocenters. The maximum Gasteiger partial charge on any atom is 0.326 e. The van der Waals surface area contributed by atoms with Crippen LogP contribution in [0.1, 0.15) is 23.3 Å². The lowest BCUT2D eigenvalue weighted by atomic mass is 10.1. The molecule has 8 heteroatoms. The van der Waals surface area contributed by atoms with Crippen LogP contribution in [0.3, 0.4) is 0 Å². The Hall–Kier alpha value is -2.38. The summed E-state index contributed by atoms with van der Waals surface area (Å²) in [5.74, 6) is -2.44. The van der Waals surface area contributed by atoms with E-state index in [2.05, 4.69) is 15.5 Å². The molecule has 0 radical (unpaired) electrons. The largest absolute Gasteiger partial charge is 0.480 e. The molecule has 0 aliphatic rings. The number of aliphatic carboxylic acids is 1. The third-order valence-electron chi connectivity index (χ3n) is 2.03. The van der Waals surface area contributed by atoms with E-state index in [0.29, 0.717) is 0 Å². The van der Waals surface area contributed by atoms with Crippen molar-refractivity contribution in [3.8, 4) is 0 Å². The maximum atomic E-state index is 11.5. The normalized spacial score (nSPS) is 11.8. The summed E-state index contributed by atoms with van der Waals surface area (Å²) in [6.07, 6.45) is 1.21. The van der Waals surface area contributed by atoms with Crippen LogP contribution >= 0.6 is 0 Å². The molecule has 0 spiro atoms. The lowest BCUT2D eigenvalue weighted by Crippen LogP contribution is -2.41. The van der Waals surface area contributed by atoms with Gasteiger partial charge in [-0.05, 0) is 12.5 Å². The van der Waals surface area contributed by atoms with Crippen molar-refractivity contribution in [3.05, 3.63) is 18.0 Å². The molecule has 17 heavy (non-hydrogen) atoms. The first kappa shape index (κ1) is 12.7. The van der Waals surface area contributed by atoms with Crippen molar-refractivity contribution >= 4 is 17.8 Å². The minimum absolute atomic E-state index is 0.0510. The predicted molar refractivity (Wildman–Crippen MR) is 55.9 cm³/mol. The second-order valence-corrected chi connectivity index (χ2v) is 3.34. The average Bonchev–Trinajstić information content (AvgIpc) is 2.76. The molecule has 0 bridgehead atoms. The standard InChI is InChI=1S/C9H12N4O4/c10-7(14)2-1-6(9(16)17)12-8(15)5-3-4-11-13-5/h3-4,6H,1-2H2,(H2,10,14)(H,11,13)(H,12,15)(H,16,17)/t6-/m0/s1. The quantitative estimate of drug-likeness (QED) is 0.497. The Morgan fingerprint density at radius 1 is 1.53 bits per heavy atom. The molecule has 92 valence electrons. The van der Waals surface area contributed by atoms with E-state index in [1.165, 1.54) is 12.3 Å². The Balaban J connectivity index is 2.58. The lowest BCUT2D eigenvalue weighted by molar-refractivity contribution is -0.139. The Bertz CT molecular complexity index is 415. The first-order valence-electron chi connectivity index (χ1n) is 4.82. The summed E-state index contributed by atoms with van der Waals surface area (Å²) >= 11 is 0.